The van der Waals surface area contributed by atoms with Crippen LogP contribution >= 0.6 is 0 Å². The van der Waals surface area contributed by atoms with Crippen LogP contribution in [0.3, 0.4) is 0 Å². The molecule has 1 spiro atoms. The van der Waals surface area contributed by atoms with Crippen molar-refractivity contribution >= 4 is 22.6 Å². The second kappa shape index (κ2) is 6.91. The van der Waals surface area contributed by atoms with E-state index in [1.54, 1.807) is 12.4 Å². The van der Waals surface area contributed by atoms with E-state index in [0.717, 1.165) is 30.9 Å². The molecule has 2 N–H and O–H groups in total. The number of hydrogen-bond acceptors (Lipinski definition) is 5. The molecule has 30 heavy (non-hydrogen) atoms. The molecule has 2 aromatic heterocycles. The Morgan fingerprint density at radius 2 is 2.10 bits per heavy atom. The lowest BCUT2D eigenvalue weighted by molar-refractivity contribution is 0.0860. The molecular formula is C24H29N5O. The van der Waals surface area contributed by atoms with Gasteiger partial charge in [0.05, 0.1) is 17.5 Å². The number of aromatic amines is 1. The zero-order chi connectivity index (χ0) is 20.9. The minimum Gasteiger partial charge on any atom is -0.370 e. The largest absolute Gasteiger partial charge is 0.370 e. The molecule has 0 radical (unpaired) electrons. The van der Waals surface area contributed by atoms with E-state index in [2.05, 4.69) is 44.5 Å². The minimum atomic E-state index is -0.466. The summed E-state index contributed by atoms with van der Waals surface area (Å²) in [6.45, 7) is 9.05. The number of rotatable bonds is 3. The van der Waals surface area contributed by atoms with Crippen molar-refractivity contribution in [3.63, 3.8) is 0 Å². The molecule has 0 aliphatic carbocycles. The topological polar surface area (TPSA) is 73.9 Å². The van der Waals surface area contributed by atoms with Gasteiger partial charge in [-0.3, -0.25) is 4.79 Å². The van der Waals surface area contributed by atoms with Gasteiger partial charge in [0, 0.05) is 41.5 Å². The van der Waals surface area contributed by atoms with Gasteiger partial charge in [-0.1, -0.05) is 32.9 Å². The van der Waals surface area contributed by atoms with Gasteiger partial charge >= 0.3 is 0 Å². The van der Waals surface area contributed by atoms with Crippen LogP contribution in [0.15, 0.2) is 36.7 Å². The lowest BCUT2D eigenvalue weighted by atomic mass is 9.87. The van der Waals surface area contributed by atoms with Crippen LogP contribution in [-0.2, 0) is 0 Å². The summed E-state index contributed by atoms with van der Waals surface area (Å²) in [6, 6.07) is 8.52. The lowest BCUT2D eigenvalue weighted by Crippen LogP contribution is -2.42. The second-order valence-electron chi connectivity index (χ2n) is 9.77. The van der Waals surface area contributed by atoms with E-state index >= 15 is 0 Å². The van der Waals surface area contributed by atoms with E-state index in [4.69, 9.17) is 4.98 Å². The van der Waals surface area contributed by atoms with Crippen molar-refractivity contribution in [1.82, 2.24) is 20.3 Å². The first-order valence-corrected chi connectivity index (χ1v) is 10.8. The van der Waals surface area contributed by atoms with E-state index in [1.165, 1.54) is 24.9 Å². The van der Waals surface area contributed by atoms with Crippen LogP contribution in [0.25, 0.3) is 22.4 Å². The highest BCUT2D eigenvalue weighted by Crippen LogP contribution is 2.34. The number of carbonyl (C=O) groups is 1. The summed E-state index contributed by atoms with van der Waals surface area (Å²) in [5, 5.41) is 3.72. The quantitative estimate of drug-likeness (QED) is 0.642. The third-order valence-electron chi connectivity index (χ3n) is 6.50. The fraction of sp³-hybridized carbons (Fsp3) is 0.458. The normalized spacial score (nSPS) is 21.8. The Hall–Kier alpha value is -2.73. The fourth-order valence-electron chi connectivity index (χ4n) is 4.78. The molecule has 156 valence electrons. The average molecular weight is 404 g/mol. The number of aromatic nitrogens is 3. The first kappa shape index (κ1) is 19.2. The first-order chi connectivity index (χ1) is 14.3. The summed E-state index contributed by atoms with van der Waals surface area (Å²) in [5.41, 5.74) is 4.77. The van der Waals surface area contributed by atoms with E-state index in [9.17, 15) is 4.79 Å². The Morgan fingerprint density at radius 3 is 2.87 bits per heavy atom. The predicted molar refractivity (Wildman–Crippen MR) is 120 cm³/mol. The van der Waals surface area contributed by atoms with Gasteiger partial charge in [-0.05, 0) is 37.9 Å². The summed E-state index contributed by atoms with van der Waals surface area (Å²) in [5.74, 6) is 0.0698. The maximum Gasteiger partial charge on any atom is 0.171 e. The molecule has 2 aliphatic heterocycles. The average Bonchev–Trinajstić information content (AvgIpc) is 3.47. The van der Waals surface area contributed by atoms with Gasteiger partial charge in [0.1, 0.15) is 5.52 Å². The molecule has 2 aliphatic rings. The first-order valence-electron chi connectivity index (χ1n) is 10.8. The third-order valence-corrected chi connectivity index (χ3v) is 6.50. The number of benzene rings is 1. The van der Waals surface area contributed by atoms with Gasteiger partial charge in [-0.15, -0.1) is 0 Å². The summed E-state index contributed by atoms with van der Waals surface area (Å²) in [7, 11) is 0. The van der Waals surface area contributed by atoms with Crippen molar-refractivity contribution in [3.8, 4) is 11.3 Å². The van der Waals surface area contributed by atoms with Crippen molar-refractivity contribution in [2.45, 2.75) is 45.6 Å². The number of fused-ring (bicyclic) bond motifs is 1. The van der Waals surface area contributed by atoms with Crippen LogP contribution in [0.2, 0.25) is 0 Å². The number of hydrogen-bond donors (Lipinski definition) is 2. The van der Waals surface area contributed by atoms with Crippen LogP contribution in [0, 0.1) is 5.41 Å². The Balaban J connectivity index is 1.47. The van der Waals surface area contributed by atoms with Gasteiger partial charge in [0.25, 0.3) is 0 Å². The number of H-pyrrole nitrogens is 1. The van der Waals surface area contributed by atoms with Gasteiger partial charge in [-0.25, -0.2) is 9.97 Å². The standard InChI is InChI=1S/C24H29N5O/c1-23(2,3)21(30)18-13-25-22-20(18)28-19(14-26-22)16-6-4-7-17(12-16)29-11-9-24(15-29)8-5-10-27-24/h4,6-7,12-14,27H,5,8-11,15H2,1-3H3,(H,25,26). The van der Waals surface area contributed by atoms with Crippen molar-refractivity contribution in [1.29, 1.82) is 0 Å². The Kier molecular flexibility index (Phi) is 4.43. The summed E-state index contributed by atoms with van der Waals surface area (Å²) >= 11 is 0. The maximum absolute atomic E-state index is 12.8. The molecule has 6 nitrogen and oxygen atoms in total. The third kappa shape index (κ3) is 3.29. The molecule has 2 fully saturated rings. The van der Waals surface area contributed by atoms with Crippen molar-refractivity contribution in [2.75, 3.05) is 24.5 Å². The van der Waals surface area contributed by atoms with Crippen LogP contribution < -0.4 is 10.2 Å². The summed E-state index contributed by atoms with van der Waals surface area (Å²) in [6.07, 6.45) is 7.26. The Bertz CT molecular complexity index is 1100. The SMILES string of the molecule is CC(C)(C)C(=O)c1c[nH]c2ncc(-c3cccc(N4CCC5(CCCN5)C4)c3)nc12. The van der Waals surface area contributed by atoms with Crippen molar-refractivity contribution in [2.24, 2.45) is 5.41 Å². The highest BCUT2D eigenvalue weighted by Gasteiger charge is 2.40. The van der Waals surface area contributed by atoms with Crippen LogP contribution in [0.1, 0.15) is 50.4 Å². The van der Waals surface area contributed by atoms with Gasteiger partial charge < -0.3 is 15.2 Å². The molecule has 4 heterocycles. The number of Topliss-reactive ketones (excluding diaryl/α,β-unsaturated/α-hetero) is 1. The molecule has 0 bridgehead atoms. The van der Waals surface area contributed by atoms with Crippen LogP contribution in [0.4, 0.5) is 5.69 Å². The highest BCUT2D eigenvalue weighted by molar-refractivity contribution is 6.08. The molecule has 2 saturated heterocycles. The minimum absolute atomic E-state index is 0.0698. The molecule has 6 heteroatoms. The fourth-order valence-corrected chi connectivity index (χ4v) is 4.78. The van der Waals surface area contributed by atoms with E-state index < -0.39 is 5.41 Å². The van der Waals surface area contributed by atoms with E-state index in [0.29, 0.717) is 22.3 Å². The number of ketones is 1. The molecule has 0 amide bonds. The molecule has 1 aromatic carbocycles. The predicted octanol–water partition coefficient (Wildman–Crippen LogP) is 4.19. The second-order valence-corrected chi connectivity index (χ2v) is 9.77. The van der Waals surface area contributed by atoms with Gasteiger partial charge in [0.2, 0.25) is 0 Å². The zero-order valence-electron chi connectivity index (χ0n) is 18.0. The van der Waals surface area contributed by atoms with Gasteiger partial charge in [0.15, 0.2) is 11.4 Å². The smallest absolute Gasteiger partial charge is 0.171 e. The molecular weight excluding hydrogens is 374 g/mol. The summed E-state index contributed by atoms with van der Waals surface area (Å²) in [4.78, 5) is 27.8. The van der Waals surface area contributed by atoms with E-state index in [-0.39, 0.29) is 5.78 Å². The molecule has 1 atom stereocenters. The number of nitrogens with one attached hydrogen (secondary N) is 2. The Morgan fingerprint density at radius 1 is 1.23 bits per heavy atom. The molecule has 3 aromatic rings. The monoisotopic (exact) mass is 403 g/mol. The van der Waals surface area contributed by atoms with Crippen molar-refractivity contribution < 1.29 is 4.79 Å². The van der Waals surface area contributed by atoms with Crippen molar-refractivity contribution in [3.05, 3.63) is 42.2 Å². The molecule has 0 saturated carbocycles. The zero-order valence-corrected chi connectivity index (χ0v) is 18.0. The van der Waals surface area contributed by atoms with E-state index in [1.807, 2.05) is 20.8 Å². The highest BCUT2D eigenvalue weighted by atomic mass is 16.1. The van der Waals surface area contributed by atoms with Gasteiger partial charge in [-0.2, -0.15) is 0 Å². The number of anilines is 1. The van der Waals surface area contributed by atoms with Crippen LogP contribution in [0.5, 0.6) is 0 Å². The summed E-state index contributed by atoms with van der Waals surface area (Å²) < 4.78 is 0. The number of nitrogens with zero attached hydrogens (tertiary/aromatic N) is 3. The number of carbonyl (C=O) groups excluding carboxylic acids is 1. The Labute approximate surface area is 177 Å². The van der Waals surface area contributed by atoms with Crippen LogP contribution in [-0.4, -0.2) is 45.9 Å². The maximum atomic E-state index is 12.8. The molecule has 1 unspecified atom stereocenters. The molecule has 5 rings (SSSR count). The lowest BCUT2D eigenvalue weighted by Gasteiger charge is -2.25.